The summed E-state index contributed by atoms with van der Waals surface area (Å²) in [7, 11) is 1.60. The summed E-state index contributed by atoms with van der Waals surface area (Å²) in [4.78, 5) is 6.11. The lowest BCUT2D eigenvalue weighted by atomic mass is 9.96. The van der Waals surface area contributed by atoms with Gasteiger partial charge in [0.15, 0.2) is 0 Å². The van der Waals surface area contributed by atoms with Gasteiger partial charge in [-0.3, -0.25) is 0 Å². The molecule has 4 heteroatoms. The minimum Gasteiger partial charge on any atom is -0.481 e. The Hall–Kier alpha value is -1.29. The summed E-state index contributed by atoms with van der Waals surface area (Å²) in [5.74, 6) is 0.606. The second kappa shape index (κ2) is 3.13. The molecule has 1 fully saturated rings. The number of β-amino-alcohol motifs (C(OH)–C–C–N with tert-alkyl or cyclic N) is 1. The van der Waals surface area contributed by atoms with Gasteiger partial charge in [0.05, 0.1) is 12.7 Å². The van der Waals surface area contributed by atoms with Crippen LogP contribution in [0, 0.1) is 0 Å². The lowest BCUT2D eigenvalue weighted by molar-refractivity contribution is 0.0310. The van der Waals surface area contributed by atoms with Gasteiger partial charge in [-0.15, -0.1) is 0 Å². The number of hydrogen-bond acceptors (Lipinski definition) is 4. The van der Waals surface area contributed by atoms with Crippen LogP contribution in [0.3, 0.4) is 0 Å². The Labute approximate surface area is 83.1 Å². The predicted molar refractivity (Wildman–Crippen MR) is 53.6 cm³/mol. The number of hydrogen-bond donors (Lipinski definition) is 1. The number of nitrogens with zero attached hydrogens (tertiary/aromatic N) is 2. The van der Waals surface area contributed by atoms with E-state index in [1.807, 2.05) is 19.1 Å². The van der Waals surface area contributed by atoms with Crippen molar-refractivity contribution in [2.24, 2.45) is 0 Å². The van der Waals surface area contributed by atoms with Crippen molar-refractivity contribution >= 4 is 5.69 Å². The van der Waals surface area contributed by atoms with Crippen molar-refractivity contribution in [2.75, 3.05) is 25.1 Å². The van der Waals surface area contributed by atoms with E-state index in [-0.39, 0.29) is 0 Å². The van der Waals surface area contributed by atoms with Gasteiger partial charge in [-0.2, -0.15) is 0 Å². The fourth-order valence-corrected chi connectivity index (χ4v) is 1.67. The van der Waals surface area contributed by atoms with Crippen LogP contribution in [0.25, 0.3) is 0 Å². The van der Waals surface area contributed by atoms with Crippen LogP contribution >= 0.6 is 0 Å². The Morgan fingerprint density at radius 1 is 1.57 bits per heavy atom. The van der Waals surface area contributed by atoms with Crippen LogP contribution < -0.4 is 9.64 Å². The van der Waals surface area contributed by atoms with Crippen molar-refractivity contribution in [3.8, 4) is 5.88 Å². The van der Waals surface area contributed by atoms with Crippen molar-refractivity contribution in [2.45, 2.75) is 12.5 Å². The molecule has 14 heavy (non-hydrogen) atoms. The molecule has 0 saturated carbocycles. The molecule has 0 aromatic carbocycles. The average molecular weight is 194 g/mol. The number of pyridine rings is 1. The smallest absolute Gasteiger partial charge is 0.214 e. The van der Waals surface area contributed by atoms with Gasteiger partial charge in [0.2, 0.25) is 5.88 Å². The van der Waals surface area contributed by atoms with Crippen LogP contribution in [0.1, 0.15) is 6.92 Å². The maximum atomic E-state index is 9.58. The van der Waals surface area contributed by atoms with E-state index < -0.39 is 5.60 Å². The Morgan fingerprint density at radius 2 is 2.29 bits per heavy atom. The molecule has 2 rings (SSSR count). The zero-order valence-corrected chi connectivity index (χ0v) is 8.40. The summed E-state index contributed by atoms with van der Waals surface area (Å²) in [6.45, 7) is 3.17. The zero-order valence-electron chi connectivity index (χ0n) is 8.40. The molecule has 0 radical (unpaired) electrons. The Kier molecular flexibility index (Phi) is 2.07. The maximum absolute atomic E-state index is 9.58. The second-order valence-electron chi connectivity index (χ2n) is 3.91. The molecule has 1 N–H and O–H groups in total. The molecule has 0 bridgehead atoms. The summed E-state index contributed by atoms with van der Waals surface area (Å²) in [5.41, 5.74) is 0.500. The van der Waals surface area contributed by atoms with Crippen molar-refractivity contribution in [1.29, 1.82) is 0 Å². The first-order valence-electron chi connectivity index (χ1n) is 4.58. The lowest BCUT2D eigenvalue weighted by Gasteiger charge is -2.45. The number of methoxy groups -OCH3 is 1. The predicted octanol–water partition coefficient (Wildman–Crippen LogP) is 0.661. The highest BCUT2D eigenvalue weighted by Crippen LogP contribution is 2.28. The first-order valence-corrected chi connectivity index (χ1v) is 4.58. The van der Waals surface area contributed by atoms with E-state index >= 15 is 0 Å². The van der Waals surface area contributed by atoms with E-state index in [1.165, 1.54) is 0 Å². The number of aliphatic hydroxyl groups is 1. The highest BCUT2D eigenvalue weighted by atomic mass is 16.5. The molecular formula is C10H14N2O2. The van der Waals surface area contributed by atoms with Gasteiger partial charge in [0.25, 0.3) is 0 Å². The maximum Gasteiger partial charge on any atom is 0.214 e. The largest absolute Gasteiger partial charge is 0.481 e. The highest BCUT2D eigenvalue weighted by Gasteiger charge is 2.36. The van der Waals surface area contributed by atoms with Crippen LogP contribution in [0.5, 0.6) is 5.88 Å². The number of anilines is 1. The average Bonchev–Trinajstić information content (AvgIpc) is 2.14. The molecule has 1 aliphatic heterocycles. The molecule has 0 aliphatic carbocycles. The summed E-state index contributed by atoms with van der Waals surface area (Å²) < 4.78 is 5.03. The van der Waals surface area contributed by atoms with Crippen molar-refractivity contribution in [3.05, 3.63) is 18.3 Å². The standard InChI is InChI=1S/C10H14N2O2/c1-10(13)6-12(7-10)8-3-4-11-9(5-8)14-2/h3-5,13H,6-7H2,1-2H3. The Bertz CT molecular complexity index is 331. The molecule has 0 unspecified atom stereocenters. The first kappa shape index (κ1) is 9.27. The summed E-state index contributed by atoms with van der Waals surface area (Å²) in [6.07, 6.45) is 1.71. The van der Waals surface area contributed by atoms with E-state index in [2.05, 4.69) is 9.88 Å². The monoisotopic (exact) mass is 194 g/mol. The molecule has 2 heterocycles. The van der Waals surface area contributed by atoms with Gasteiger partial charge in [-0.1, -0.05) is 0 Å². The Morgan fingerprint density at radius 3 is 2.86 bits per heavy atom. The third-order valence-electron chi connectivity index (χ3n) is 2.36. The van der Waals surface area contributed by atoms with Crippen molar-refractivity contribution < 1.29 is 9.84 Å². The minimum absolute atomic E-state index is 0.545. The number of aromatic nitrogens is 1. The summed E-state index contributed by atoms with van der Waals surface area (Å²) in [6, 6.07) is 3.78. The SMILES string of the molecule is COc1cc(N2CC(C)(O)C2)ccn1. The van der Waals surface area contributed by atoms with E-state index in [0.29, 0.717) is 19.0 Å². The second-order valence-corrected chi connectivity index (χ2v) is 3.91. The normalized spacial score (nSPS) is 18.9. The van der Waals surface area contributed by atoms with Crippen LogP contribution in [0.2, 0.25) is 0 Å². The fraction of sp³-hybridized carbons (Fsp3) is 0.500. The first-order chi connectivity index (χ1) is 6.61. The van der Waals surface area contributed by atoms with Crippen LogP contribution in [0.15, 0.2) is 18.3 Å². The van der Waals surface area contributed by atoms with E-state index in [9.17, 15) is 5.11 Å². The van der Waals surface area contributed by atoms with E-state index in [1.54, 1.807) is 13.3 Å². The lowest BCUT2D eigenvalue weighted by Crippen LogP contribution is -2.60. The molecule has 4 nitrogen and oxygen atoms in total. The third kappa shape index (κ3) is 1.65. The molecule has 1 saturated heterocycles. The van der Waals surface area contributed by atoms with Gasteiger partial charge in [-0.25, -0.2) is 4.98 Å². The molecule has 1 aromatic heterocycles. The van der Waals surface area contributed by atoms with Gasteiger partial charge >= 0.3 is 0 Å². The highest BCUT2D eigenvalue weighted by molar-refractivity contribution is 5.51. The number of ether oxygens (including phenoxy) is 1. The molecule has 0 spiro atoms. The van der Waals surface area contributed by atoms with Crippen molar-refractivity contribution in [1.82, 2.24) is 4.98 Å². The number of rotatable bonds is 2. The van der Waals surface area contributed by atoms with Gasteiger partial charge in [0, 0.05) is 31.0 Å². The Balaban J connectivity index is 2.11. The van der Waals surface area contributed by atoms with E-state index in [0.717, 1.165) is 5.69 Å². The van der Waals surface area contributed by atoms with Crippen molar-refractivity contribution in [3.63, 3.8) is 0 Å². The third-order valence-corrected chi connectivity index (χ3v) is 2.36. The van der Waals surface area contributed by atoms with E-state index in [4.69, 9.17) is 4.74 Å². The van der Waals surface area contributed by atoms with Crippen LogP contribution in [0.4, 0.5) is 5.69 Å². The van der Waals surface area contributed by atoms with Crippen LogP contribution in [-0.4, -0.2) is 35.9 Å². The molecule has 76 valence electrons. The molecule has 0 amide bonds. The summed E-state index contributed by atoms with van der Waals surface area (Å²) in [5, 5.41) is 9.58. The quantitative estimate of drug-likeness (QED) is 0.751. The summed E-state index contributed by atoms with van der Waals surface area (Å²) >= 11 is 0. The van der Waals surface area contributed by atoms with Crippen LogP contribution in [-0.2, 0) is 0 Å². The minimum atomic E-state index is -0.545. The molecule has 1 aliphatic rings. The molecular weight excluding hydrogens is 180 g/mol. The van der Waals surface area contributed by atoms with Gasteiger partial charge < -0.3 is 14.7 Å². The molecule has 1 aromatic rings. The van der Waals surface area contributed by atoms with Gasteiger partial charge in [-0.05, 0) is 13.0 Å². The molecule has 0 atom stereocenters. The fourth-order valence-electron chi connectivity index (χ4n) is 1.67. The van der Waals surface area contributed by atoms with Gasteiger partial charge in [0.1, 0.15) is 0 Å². The zero-order chi connectivity index (χ0) is 10.2. The topological polar surface area (TPSA) is 45.6 Å².